The Morgan fingerprint density at radius 3 is 1.57 bits per heavy atom. The molecule has 0 amide bonds. The van der Waals surface area contributed by atoms with E-state index in [0.29, 0.717) is 6.04 Å². The SMILES string of the molecule is C=C.C=C.C=C/C(Br)=C(/C)N(C)/C(=C\C(=C)c1ccccc1O)N(C)C(CCC)CCC.CC.CC.CCC.CCC. The first-order valence-corrected chi connectivity index (χ1v) is 16.5. The number of nitrogens with zero attached hydrogens (tertiary/aromatic N) is 2. The molecule has 0 aromatic heterocycles. The number of phenolic OH excluding ortho intramolecular Hbond substituents is 1. The van der Waals surface area contributed by atoms with Gasteiger partial charge in [-0.1, -0.05) is 132 Å². The van der Waals surface area contributed by atoms with Crippen LogP contribution in [0.2, 0.25) is 0 Å². The molecule has 0 bridgehead atoms. The summed E-state index contributed by atoms with van der Waals surface area (Å²) in [6.07, 6.45) is 10.9. The fourth-order valence-corrected chi connectivity index (χ4v) is 3.54. The summed E-state index contributed by atoms with van der Waals surface area (Å²) in [5, 5.41) is 10.2. The van der Waals surface area contributed by atoms with Gasteiger partial charge in [0.15, 0.2) is 0 Å². The summed E-state index contributed by atoms with van der Waals surface area (Å²) in [7, 11) is 4.20. The number of hydrogen-bond donors (Lipinski definition) is 1. The zero-order valence-electron chi connectivity index (χ0n) is 30.2. The van der Waals surface area contributed by atoms with Crippen LogP contribution in [0, 0.1) is 0 Å². The van der Waals surface area contributed by atoms with Gasteiger partial charge >= 0.3 is 0 Å². The van der Waals surface area contributed by atoms with Crippen molar-refractivity contribution in [3.8, 4) is 5.75 Å². The van der Waals surface area contributed by atoms with Crippen molar-refractivity contribution in [2.45, 2.75) is 121 Å². The van der Waals surface area contributed by atoms with Gasteiger partial charge in [0.05, 0.1) is 0 Å². The zero-order chi connectivity index (χ0) is 34.7. The first-order valence-electron chi connectivity index (χ1n) is 15.8. The van der Waals surface area contributed by atoms with E-state index in [1.807, 2.05) is 45.9 Å². The van der Waals surface area contributed by atoms with Crippen molar-refractivity contribution in [2.75, 3.05) is 14.1 Å². The van der Waals surface area contributed by atoms with Crippen LogP contribution in [0.4, 0.5) is 0 Å². The molecule has 0 fully saturated rings. The summed E-state index contributed by atoms with van der Waals surface area (Å²) in [5.74, 6) is 1.28. The average molecular weight is 652 g/mol. The summed E-state index contributed by atoms with van der Waals surface area (Å²) >= 11 is 3.59. The number of phenols is 1. The Kier molecular flexibility index (Phi) is 50.6. The number of benzene rings is 1. The van der Waals surface area contributed by atoms with Crippen molar-refractivity contribution in [3.63, 3.8) is 0 Å². The second-order valence-electron chi connectivity index (χ2n) is 8.50. The Morgan fingerprint density at radius 1 is 0.857 bits per heavy atom. The van der Waals surface area contributed by atoms with Crippen molar-refractivity contribution in [1.82, 2.24) is 9.80 Å². The standard InChI is InChI=1S/C24H35BrN2O.2C3H8.2C2H6.2C2H4/c1-8-13-20(14-9-2)27(7)24(26(6)19(5)22(25)10-3)17-18(4)21-15-11-12-16-23(21)28;2*1-3-2;4*1-2/h10-12,15-17,20,28H,3-4,8-9,13-14H2,1-2,5-7H3;2*3H2,1-2H3;2*1-2H3;2*1-2H2/b22-19+,24-17+;;;;;;. The second-order valence-corrected chi connectivity index (χ2v) is 9.35. The third-order valence-electron chi connectivity index (χ3n) is 5.08. The van der Waals surface area contributed by atoms with Gasteiger partial charge in [-0.2, -0.15) is 0 Å². The molecule has 1 aromatic carbocycles. The molecular weight excluding hydrogens is 580 g/mol. The van der Waals surface area contributed by atoms with Crippen molar-refractivity contribution >= 4 is 21.5 Å². The van der Waals surface area contributed by atoms with Gasteiger partial charge in [-0.25, -0.2) is 0 Å². The number of hydrogen-bond acceptors (Lipinski definition) is 3. The van der Waals surface area contributed by atoms with Crippen LogP contribution in [0.1, 0.15) is 120 Å². The molecule has 246 valence electrons. The minimum absolute atomic E-state index is 0.242. The van der Waals surface area contributed by atoms with Crippen LogP contribution < -0.4 is 0 Å². The van der Waals surface area contributed by atoms with Gasteiger partial charge < -0.3 is 14.9 Å². The van der Waals surface area contributed by atoms with Crippen LogP contribution in [0.15, 0.2) is 91.9 Å². The normalized spacial score (nSPS) is 9.74. The summed E-state index contributed by atoms with van der Waals surface area (Å²) < 4.78 is 0.949. The number of para-hydroxylation sites is 1. The number of aromatic hydroxyl groups is 1. The minimum Gasteiger partial charge on any atom is -0.507 e. The molecule has 1 rings (SSSR count). The van der Waals surface area contributed by atoms with E-state index < -0.39 is 0 Å². The summed E-state index contributed by atoms with van der Waals surface area (Å²) in [5.41, 5.74) is 2.58. The lowest BCUT2D eigenvalue weighted by atomic mass is 10.0. The maximum Gasteiger partial charge on any atom is 0.123 e. The van der Waals surface area contributed by atoms with E-state index in [1.165, 1.54) is 12.8 Å². The third kappa shape index (κ3) is 25.3. The highest BCUT2D eigenvalue weighted by Gasteiger charge is 2.21. The van der Waals surface area contributed by atoms with E-state index in [2.05, 4.69) is 134 Å². The molecule has 0 spiro atoms. The number of rotatable bonds is 11. The van der Waals surface area contributed by atoms with Gasteiger partial charge in [0.1, 0.15) is 11.6 Å². The van der Waals surface area contributed by atoms with Crippen molar-refractivity contribution in [2.24, 2.45) is 0 Å². The molecular formula is C38H71BrN2O. The lowest BCUT2D eigenvalue weighted by Gasteiger charge is -2.37. The Morgan fingerprint density at radius 2 is 1.24 bits per heavy atom. The Hall–Kier alpha value is -2.46. The van der Waals surface area contributed by atoms with E-state index in [9.17, 15) is 5.11 Å². The van der Waals surface area contributed by atoms with Gasteiger partial charge in [-0.15, -0.1) is 26.3 Å². The summed E-state index contributed by atoms with van der Waals surface area (Å²) in [4.78, 5) is 4.49. The summed E-state index contributed by atoms with van der Waals surface area (Å²) in [6, 6.07) is 7.76. The Bertz CT molecular complexity index is 788. The highest BCUT2D eigenvalue weighted by molar-refractivity contribution is 9.11. The summed E-state index contributed by atoms with van der Waals surface area (Å²) in [6.45, 7) is 43.1. The quantitative estimate of drug-likeness (QED) is 0.190. The second kappa shape index (κ2) is 40.7. The Labute approximate surface area is 273 Å². The van der Waals surface area contributed by atoms with E-state index in [4.69, 9.17) is 0 Å². The topological polar surface area (TPSA) is 26.7 Å². The molecule has 0 saturated heterocycles. The number of halogens is 1. The van der Waals surface area contributed by atoms with Gasteiger partial charge in [-0.05, 0) is 53.4 Å². The molecule has 0 heterocycles. The molecule has 3 nitrogen and oxygen atoms in total. The molecule has 0 aliphatic heterocycles. The van der Waals surface area contributed by atoms with E-state index in [1.54, 1.807) is 12.1 Å². The molecule has 0 saturated carbocycles. The molecule has 0 radical (unpaired) electrons. The molecule has 4 heteroatoms. The van der Waals surface area contributed by atoms with Crippen LogP contribution in [0.5, 0.6) is 5.75 Å². The average Bonchev–Trinajstić information content (AvgIpc) is 3.03. The molecule has 0 unspecified atom stereocenters. The fourth-order valence-electron chi connectivity index (χ4n) is 3.28. The molecule has 1 N–H and O–H groups in total. The molecule has 1 aromatic rings. The largest absolute Gasteiger partial charge is 0.507 e. The predicted molar refractivity (Wildman–Crippen MR) is 203 cm³/mol. The fraction of sp³-hybridized carbons (Fsp3) is 0.526. The molecule has 0 aliphatic carbocycles. The van der Waals surface area contributed by atoms with Crippen LogP contribution in [-0.2, 0) is 0 Å². The zero-order valence-corrected chi connectivity index (χ0v) is 31.8. The first-order chi connectivity index (χ1) is 20.1. The van der Waals surface area contributed by atoms with Gasteiger partial charge in [-0.3, -0.25) is 0 Å². The maximum atomic E-state index is 10.2. The van der Waals surface area contributed by atoms with Crippen LogP contribution in [-0.4, -0.2) is 35.0 Å². The van der Waals surface area contributed by atoms with Gasteiger partial charge in [0.25, 0.3) is 0 Å². The lowest BCUT2D eigenvalue weighted by molar-refractivity contribution is 0.214. The Balaban J connectivity index is -0.000000198. The first kappa shape index (κ1) is 52.2. The highest BCUT2D eigenvalue weighted by atomic mass is 79.9. The highest BCUT2D eigenvalue weighted by Crippen LogP contribution is 2.29. The lowest BCUT2D eigenvalue weighted by Crippen LogP contribution is -2.37. The van der Waals surface area contributed by atoms with Crippen LogP contribution >= 0.6 is 15.9 Å². The van der Waals surface area contributed by atoms with Crippen LogP contribution in [0.25, 0.3) is 5.57 Å². The van der Waals surface area contributed by atoms with E-state index in [-0.39, 0.29) is 5.75 Å². The smallest absolute Gasteiger partial charge is 0.123 e. The third-order valence-corrected chi connectivity index (χ3v) is 5.98. The van der Waals surface area contributed by atoms with Crippen molar-refractivity contribution in [3.05, 3.63) is 97.5 Å². The maximum absolute atomic E-state index is 10.2. The molecule has 42 heavy (non-hydrogen) atoms. The predicted octanol–water partition coefficient (Wildman–Crippen LogP) is 13.4. The molecule has 0 aliphatic rings. The minimum atomic E-state index is 0.242. The van der Waals surface area contributed by atoms with Crippen LogP contribution in [0.3, 0.4) is 0 Å². The van der Waals surface area contributed by atoms with E-state index in [0.717, 1.165) is 52.8 Å². The van der Waals surface area contributed by atoms with E-state index >= 15 is 0 Å². The van der Waals surface area contributed by atoms with Gasteiger partial charge in [0, 0.05) is 35.9 Å². The van der Waals surface area contributed by atoms with Gasteiger partial charge in [0.2, 0.25) is 0 Å². The molecule has 0 atom stereocenters. The number of allylic oxidation sites excluding steroid dienone is 5. The van der Waals surface area contributed by atoms with Crippen molar-refractivity contribution < 1.29 is 5.11 Å². The van der Waals surface area contributed by atoms with Crippen molar-refractivity contribution in [1.29, 1.82) is 0 Å². The monoisotopic (exact) mass is 650 g/mol.